The molecule has 3 aromatic rings. The minimum absolute atomic E-state index is 0.0421. The van der Waals surface area contributed by atoms with Crippen LogP contribution in [-0.4, -0.2) is 5.91 Å². The lowest BCUT2D eigenvalue weighted by molar-refractivity contribution is -0.115. The van der Waals surface area contributed by atoms with Gasteiger partial charge in [0.1, 0.15) is 0 Å². The molecule has 1 amide bonds. The van der Waals surface area contributed by atoms with Gasteiger partial charge in [0.05, 0.1) is 6.42 Å². The Bertz CT molecular complexity index is 948. The van der Waals surface area contributed by atoms with Gasteiger partial charge in [-0.3, -0.25) is 4.79 Å². The molecule has 0 aromatic heterocycles. The minimum Gasteiger partial charge on any atom is -0.326 e. The SMILES string of the molecule is Cc1cc(Cl)c(-c2ccc3c(c2)CC(=O)N3)c(-c2ccccc2)c1. The van der Waals surface area contributed by atoms with E-state index in [1.54, 1.807) is 0 Å². The number of fused-ring (bicyclic) bond motifs is 1. The van der Waals surface area contributed by atoms with Crippen LogP contribution in [-0.2, 0) is 11.2 Å². The van der Waals surface area contributed by atoms with Gasteiger partial charge in [-0.05, 0) is 52.9 Å². The largest absolute Gasteiger partial charge is 0.326 e. The first-order chi connectivity index (χ1) is 11.6. The Labute approximate surface area is 146 Å². The van der Waals surface area contributed by atoms with E-state index in [0.717, 1.165) is 44.1 Å². The van der Waals surface area contributed by atoms with Crippen LogP contribution in [0.5, 0.6) is 0 Å². The van der Waals surface area contributed by atoms with Crippen molar-refractivity contribution in [3.05, 3.63) is 76.8 Å². The zero-order chi connectivity index (χ0) is 16.7. The molecule has 0 fully saturated rings. The number of benzene rings is 3. The second-order valence-electron chi connectivity index (χ2n) is 6.13. The van der Waals surface area contributed by atoms with Gasteiger partial charge in [0.25, 0.3) is 0 Å². The number of carbonyl (C=O) groups excluding carboxylic acids is 1. The fourth-order valence-corrected chi connectivity index (χ4v) is 3.65. The molecule has 0 radical (unpaired) electrons. The third kappa shape index (κ3) is 2.59. The van der Waals surface area contributed by atoms with Crippen LogP contribution in [0.3, 0.4) is 0 Å². The van der Waals surface area contributed by atoms with Crippen molar-refractivity contribution in [2.45, 2.75) is 13.3 Å². The van der Waals surface area contributed by atoms with E-state index in [9.17, 15) is 4.79 Å². The molecular weight excluding hydrogens is 318 g/mol. The average Bonchev–Trinajstić information content (AvgIpc) is 2.94. The van der Waals surface area contributed by atoms with Crippen molar-refractivity contribution in [3.8, 4) is 22.3 Å². The normalized spacial score (nSPS) is 12.8. The van der Waals surface area contributed by atoms with Gasteiger partial charge in [0, 0.05) is 16.3 Å². The lowest BCUT2D eigenvalue weighted by Crippen LogP contribution is -2.03. The van der Waals surface area contributed by atoms with Crippen molar-refractivity contribution in [2.24, 2.45) is 0 Å². The van der Waals surface area contributed by atoms with Crippen molar-refractivity contribution in [3.63, 3.8) is 0 Å². The van der Waals surface area contributed by atoms with Crippen molar-refractivity contribution < 1.29 is 4.79 Å². The Morgan fingerprint density at radius 1 is 0.958 bits per heavy atom. The molecule has 0 unspecified atom stereocenters. The van der Waals surface area contributed by atoms with Crippen LogP contribution in [0.4, 0.5) is 5.69 Å². The van der Waals surface area contributed by atoms with E-state index in [4.69, 9.17) is 11.6 Å². The van der Waals surface area contributed by atoms with Crippen LogP contribution >= 0.6 is 11.6 Å². The molecule has 2 nitrogen and oxygen atoms in total. The molecule has 118 valence electrons. The smallest absolute Gasteiger partial charge is 0.228 e. The fraction of sp³-hybridized carbons (Fsp3) is 0.0952. The van der Waals surface area contributed by atoms with Gasteiger partial charge in [-0.1, -0.05) is 54.1 Å². The number of nitrogens with one attached hydrogen (secondary N) is 1. The summed E-state index contributed by atoms with van der Waals surface area (Å²) in [6.07, 6.45) is 0.424. The first-order valence-corrected chi connectivity index (χ1v) is 8.28. The molecule has 1 aliphatic rings. The number of hydrogen-bond acceptors (Lipinski definition) is 1. The quantitative estimate of drug-likeness (QED) is 0.661. The van der Waals surface area contributed by atoms with Crippen LogP contribution in [0.2, 0.25) is 5.02 Å². The molecule has 1 aliphatic heterocycles. The molecule has 0 aliphatic carbocycles. The Morgan fingerprint density at radius 3 is 2.54 bits per heavy atom. The zero-order valence-corrected chi connectivity index (χ0v) is 14.0. The van der Waals surface area contributed by atoms with E-state index in [-0.39, 0.29) is 5.91 Å². The predicted molar refractivity (Wildman–Crippen MR) is 99.4 cm³/mol. The summed E-state index contributed by atoms with van der Waals surface area (Å²) in [5.41, 5.74) is 7.33. The molecule has 3 aromatic carbocycles. The number of halogens is 1. The summed E-state index contributed by atoms with van der Waals surface area (Å²) in [6, 6.07) is 20.4. The summed E-state index contributed by atoms with van der Waals surface area (Å²) in [5.74, 6) is 0.0421. The first kappa shape index (κ1) is 15.0. The molecule has 1 N–H and O–H groups in total. The van der Waals surface area contributed by atoms with Crippen molar-refractivity contribution in [2.75, 3.05) is 5.32 Å². The predicted octanol–water partition coefficient (Wildman–Crippen LogP) is 5.48. The molecule has 3 heteroatoms. The second kappa shape index (κ2) is 5.81. The van der Waals surface area contributed by atoms with Crippen molar-refractivity contribution in [1.82, 2.24) is 0 Å². The number of hydrogen-bond donors (Lipinski definition) is 1. The van der Waals surface area contributed by atoms with Gasteiger partial charge in [0.15, 0.2) is 0 Å². The third-order valence-electron chi connectivity index (χ3n) is 4.34. The Hall–Kier alpha value is -2.58. The highest BCUT2D eigenvalue weighted by molar-refractivity contribution is 6.34. The first-order valence-electron chi connectivity index (χ1n) is 7.90. The molecule has 1 heterocycles. The van der Waals surface area contributed by atoms with Gasteiger partial charge in [-0.15, -0.1) is 0 Å². The van der Waals surface area contributed by atoms with Gasteiger partial charge in [-0.2, -0.15) is 0 Å². The Morgan fingerprint density at radius 2 is 1.75 bits per heavy atom. The second-order valence-corrected chi connectivity index (χ2v) is 6.54. The summed E-state index contributed by atoms with van der Waals surface area (Å²) in [4.78, 5) is 11.6. The molecule has 0 saturated carbocycles. The van der Waals surface area contributed by atoms with E-state index in [1.165, 1.54) is 0 Å². The monoisotopic (exact) mass is 333 g/mol. The van der Waals surface area contributed by atoms with E-state index in [2.05, 4.69) is 29.6 Å². The van der Waals surface area contributed by atoms with Crippen LogP contribution in [0.15, 0.2) is 60.7 Å². The number of carbonyl (C=O) groups is 1. The van der Waals surface area contributed by atoms with E-state index >= 15 is 0 Å². The molecular formula is C21H16ClNO. The Balaban J connectivity index is 1.93. The maximum Gasteiger partial charge on any atom is 0.228 e. The fourth-order valence-electron chi connectivity index (χ4n) is 3.27. The summed E-state index contributed by atoms with van der Waals surface area (Å²) >= 11 is 6.62. The van der Waals surface area contributed by atoms with Crippen LogP contribution in [0.1, 0.15) is 11.1 Å². The lowest BCUT2D eigenvalue weighted by Gasteiger charge is -2.15. The van der Waals surface area contributed by atoms with Gasteiger partial charge in [0.2, 0.25) is 5.91 Å². The summed E-state index contributed by atoms with van der Waals surface area (Å²) in [6.45, 7) is 2.05. The van der Waals surface area contributed by atoms with Crippen molar-refractivity contribution >= 4 is 23.2 Å². The van der Waals surface area contributed by atoms with Crippen LogP contribution < -0.4 is 5.32 Å². The maximum absolute atomic E-state index is 11.6. The molecule has 4 rings (SSSR count). The van der Waals surface area contributed by atoms with Gasteiger partial charge in [-0.25, -0.2) is 0 Å². The Kier molecular flexibility index (Phi) is 3.62. The average molecular weight is 334 g/mol. The molecule has 0 bridgehead atoms. The van der Waals surface area contributed by atoms with E-state index < -0.39 is 0 Å². The highest BCUT2D eigenvalue weighted by atomic mass is 35.5. The zero-order valence-electron chi connectivity index (χ0n) is 13.3. The number of aryl methyl sites for hydroxylation is 1. The highest BCUT2D eigenvalue weighted by Crippen LogP contribution is 2.40. The third-order valence-corrected chi connectivity index (χ3v) is 4.64. The molecule has 0 atom stereocenters. The molecule has 0 saturated heterocycles. The maximum atomic E-state index is 11.6. The van der Waals surface area contributed by atoms with Gasteiger partial charge < -0.3 is 5.32 Å². The van der Waals surface area contributed by atoms with Crippen LogP contribution in [0, 0.1) is 6.92 Å². The molecule has 24 heavy (non-hydrogen) atoms. The summed E-state index contributed by atoms with van der Waals surface area (Å²) in [7, 11) is 0. The van der Waals surface area contributed by atoms with Gasteiger partial charge >= 0.3 is 0 Å². The lowest BCUT2D eigenvalue weighted by atomic mass is 9.92. The van der Waals surface area contributed by atoms with Crippen LogP contribution in [0.25, 0.3) is 22.3 Å². The standard InChI is InChI=1S/C21H16ClNO/c1-13-9-17(14-5-3-2-4-6-14)21(18(22)10-13)15-7-8-19-16(11-15)12-20(24)23-19/h2-11H,12H2,1H3,(H,23,24). The minimum atomic E-state index is 0.0421. The topological polar surface area (TPSA) is 29.1 Å². The van der Waals surface area contributed by atoms with Crippen molar-refractivity contribution in [1.29, 1.82) is 0 Å². The van der Waals surface area contributed by atoms with E-state index in [0.29, 0.717) is 6.42 Å². The summed E-state index contributed by atoms with van der Waals surface area (Å²) < 4.78 is 0. The number of amides is 1. The number of rotatable bonds is 2. The summed E-state index contributed by atoms with van der Waals surface area (Å²) in [5, 5.41) is 3.60. The highest BCUT2D eigenvalue weighted by Gasteiger charge is 2.20. The molecule has 0 spiro atoms. The van der Waals surface area contributed by atoms with E-state index in [1.807, 2.05) is 43.3 Å². The number of anilines is 1.